The van der Waals surface area contributed by atoms with Crippen LogP contribution in [0, 0.1) is 0 Å². The molecule has 2 amide bonds. The fourth-order valence-electron chi connectivity index (χ4n) is 2.01. The summed E-state index contributed by atoms with van der Waals surface area (Å²) >= 11 is 0. The van der Waals surface area contributed by atoms with Crippen LogP contribution in [0.1, 0.15) is 10.5 Å². The van der Waals surface area contributed by atoms with Crippen molar-refractivity contribution < 1.29 is 14.7 Å². The minimum absolute atomic E-state index is 0.00962. The highest BCUT2D eigenvalue weighted by Crippen LogP contribution is 1.99. The molecule has 1 aliphatic heterocycles. The number of carboxylic acid groups (broad SMARTS) is 1. The van der Waals surface area contributed by atoms with Crippen molar-refractivity contribution in [3.63, 3.8) is 0 Å². The lowest BCUT2D eigenvalue weighted by atomic mass is 10.3. The van der Waals surface area contributed by atoms with Gasteiger partial charge in [0.1, 0.15) is 0 Å². The quantitative estimate of drug-likeness (QED) is 0.779. The molecule has 1 saturated heterocycles. The summed E-state index contributed by atoms with van der Waals surface area (Å²) in [6.07, 6.45) is 2.90. The first kappa shape index (κ1) is 14.3. The molecule has 2 rings (SSSR count). The Bertz CT molecular complexity index is 479. The van der Waals surface area contributed by atoms with Gasteiger partial charge in [-0.15, -0.1) is 0 Å². The zero-order chi connectivity index (χ0) is 14.5. The average molecular weight is 281 g/mol. The monoisotopic (exact) mass is 281 g/mol. The maximum atomic E-state index is 11.9. The molecule has 0 atom stereocenters. The molecule has 2 heterocycles. The van der Waals surface area contributed by atoms with Crippen molar-refractivity contribution in [2.24, 2.45) is 0 Å². The molecule has 0 spiro atoms. The van der Waals surface area contributed by atoms with E-state index in [2.05, 4.69) is 15.2 Å². The second-order valence-electron chi connectivity index (χ2n) is 4.82. The summed E-state index contributed by atoms with van der Waals surface area (Å²) in [5.74, 6) is -1.05. The third-order valence-corrected chi connectivity index (χ3v) is 3.29. The number of imidazole rings is 1. The summed E-state index contributed by atoms with van der Waals surface area (Å²) in [6.45, 7) is 4.18. The zero-order valence-electron chi connectivity index (χ0n) is 11.4. The van der Waals surface area contributed by atoms with Crippen LogP contribution in [0.2, 0.25) is 0 Å². The minimum atomic E-state index is -1.05. The molecule has 0 aromatic carbocycles. The number of hydrogen-bond donors (Lipinski definition) is 2. The Hall–Kier alpha value is -2.09. The normalized spacial score (nSPS) is 16.1. The largest absolute Gasteiger partial charge is 0.476 e. The van der Waals surface area contributed by atoms with Crippen LogP contribution in [-0.4, -0.2) is 76.2 Å². The van der Waals surface area contributed by atoms with Crippen LogP contribution < -0.4 is 5.32 Å². The van der Waals surface area contributed by atoms with Crippen LogP contribution in [-0.2, 0) is 6.54 Å². The second-order valence-corrected chi connectivity index (χ2v) is 4.82. The molecule has 0 saturated carbocycles. The van der Waals surface area contributed by atoms with E-state index in [1.807, 2.05) is 7.05 Å². The lowest BCUT2D eigenvalue weighted by Crippen LogP contribution is -2.51. The molecule has 1 fully saturated rings. The van der Waals surface area contributed by atoms with Gasteiger partial charge in [0.15, 0.2) is 5.69 Å². The van der Waals surface area contributed by atoms with E-state index in [1.165, 1.54) is 12.5 Å². The molecule has 1 aromatic heterocycles. The van der Waals surface area contributed by atoms with E-state index in [9.17, 15) is 9.59 Å². The van der Waals surface area contributed by atoms with Crippen LogP contribution in [0.3, 0.4) is 0 Å². The van der Waals surface area contributed by atoms with Gasteiger partial charge in [0.05, 0.1) is 6.33 Å². The first-order valence-electron chi connectivity index (χ1n) is 6.52. The van der Waals surface area contributed by atoms with Gasteiger partial charge < -0.3 is 24.8 Å². The lowest BCUT2D eigenvalue weighted by molar-refractivity contribution is 0.0691. The molecule has 1 aliphatic rings. The second kappa shape index (κ2) is 6.38. The first-order valence-corrected chi connectivity index (χ1v) is 6.52. The number of piperazine rings is 1. The van der Waals surface area contributed by atoms with Gasteiger partial charge in [-0.1, -0.05) is 0 Å². The SMILES string of the molecule is CN1CCN(C(=O)NCCn2cnc(C(=O)O)c2)CC1. The summed E-state index contributed by atoms with van der Waals surface area (Å²) in [5, 5.41) is 11.6. The van der Waals surface area contributed by atoms with Gasteiger partial charge in [0.25, 0.3) is 0 Å². The zero-order valence-corrected chi connectivity index (χ0v) is 11.4. The van der Waals surface area contributed by atoms with Crippen molar-refractivity contribution in [2.45, 2.75) is 6.54 Å². The van der Waals surface area contributed by atoms with Crippen molar-refractivity contribution in [1.29, 1.82) is 0 Å². The topological polar surface area (TPSA) is 90.7 Å². The summed E-state index contributed by atoms with van der Waals surface area (Å²) < 4.78 is 1.65. The molecule has 0 unspecified atom stereocenters. The number of likely N-dealkylation sites (N-methyl/N-ethyl adjacent to an activating group) is 1. The number of carbonyl (C=O) groups excluding carboxylic acids is 1. The third kappa shape index (κ3) is 3.70. The van der Waals surface area contributed by atoms with E-state index < -0.39 is 5.97 Å². The summed E-state index contributed by atoms with van der Waals surface area (Å²) in [4.78, 5) is 30.3. The van der Waals surface area contributed by atoms with E-state index in [-0.39, 0.29) is 11.7 Å². The fraction of sp³-hybridized carbons (Fsp3) is 0.583. The summed E-state index contributed by atoms with van der Waals surface area (Å²) in [6, 6.07) is -0.0725. The number of carboxylic acids is 1. The highest BCUT2D eigenvalue weighted by molar-refractivity contribution is 5.84. The number of urea groups is 1. The van der Waals surface area contributed by atoms with Gasteiger partial charge in [-0.3, -0.25) is 0 Å². The average Bonchev–Trinajstić information content (AvgIpc) is 2.88. The van der Waals surface area contributed by atoms with E-state index in [1.54, 1.807) is 9.47 Å². The number of aromatic carboxylic acids is 1. The van der Waals surface area contributed by atoms with E-state index in [4.69, 9.17) is 5.11 Å². The number of amides is 2. The Balaban J connectivity index is 1.72. The van der Waals surface area contributed by atoms with Gasteiger partial charge in [-0.05, 0) is 7.05 Å². The first-order chi connectivity index (χ1) is 9.56. The van der Waals surface area contributed by atoms with E-state index >= 15 is 0 Å². The highest BCUT2D eigenvalue weighted by Gasteiger charge is 2.18. The van der Waals surface area contributed by atoms with Gasteiger partial charge in [0.2, 0.25) is 0 Å². The third-order valence-electron chi connectivity index (χ3n) is 3.29. The Labute approximate surface area is 117 Å². The van der Waals surface area contributed by atoms with E-state index in [0.29, 0.717) is 13.1 Å². The number of rotatable bonds is 4. The van der Waals surface area contributed by atoms with Crippen LogP contribution >= 0.6 is 0 Å². The van der Waals surface area contributed by atoms with Crippen molar-refractivity contribution in [3.05, 3.63) is 18.2 Å². The molecule has 1 aromatic rings. The van der Waals surface area contributed by atoms with Crippen LogP contribution in [0.25, 0.3) is 0 Å². The van der Waals surface area contributed by atoms with Crippen LogP contribution in [0.5, 0.6) is 0 Å². The smallest absolute Gasteiger partial charge is 0.356 e. The molecule has 8 nitrogen and oxygen atoms in total. The molecule has 0 bridgehead atoms. The number of aromatic nitrogens is 2. The summed E-state index contributed by atoms with van der Waals surface area (Å²) in [7, 11) is 2.04. The molecule has 110 valence electrons. The Morgan fingerprint density at radius 3 is 2.65 bits per heavy atom. The van der Waals surface area contributed by atoms with Crippen molar-refractivity contribution in [1.82, 2.24) is 24.7 Å². The number of hydrogen-bond acceptors (Lipinski definition) is 4. The molecule has 8 heteroatoms. The maximum absolute atomic E-state index is 11.9. The molecule has 0 radical (unpaired) electrons. The minimum Gasteiger partial charge on any atom is -0.476 e. The number of nitrogens with zero attached hydrogens (tertiary/aromatic N) is 4. The predicted molar refractivity (Wildman–Crippen MR) is 71.7 cm³/mol. The van der Waals surface area contributed by atoms with Gasteiger partial charge in [-0.25, -0.2) is 14.6 Å². The lowest BCUT2D eigenvalue weighted by Gasteiger charge is -2.32. The molecule has 0 aliphatic carbocycles. The van der Waals surface area contributed by atoms with E-state index in [0.717, 1.165) is 26.2 Å². The number of carbonyl (C=O) groups is 2. The molecular formula is C12H19N5O3. The highest BCUT2D eigenvalue weighted by atomic mass is 16.4. The maximum Gasteiger partial charge on any atom is 0.356 e. The van der Waals surface area contributed by atoms with Crippen molar-refractivity contribution in [3.8, 4) is 0 Å². The van der Waals surface area contributed by atoms with Crippen molar-refractivity contribution >= 4 is 12.0 Å². The van der Waals surface area contributed by atoms with Crippen LogP contribution in [0.15, 0.2) is 12.5 Å². The van der Waals surface area contributed by atoms with Crippen LogP contribution in [0.4, 0.5) is 4.79 Å². The fourth-order valence-corrected chi connectivity index (χ4v) is 2.01. The molecular weight excluding hydrogens is 262 g/mol. The van der Waals surface area contributed by atoms with Gasteiger partial charge >= 0.3 is 12.0 Å². The standard InChI is InChI=1S/C12H19N5O3/c1-15-4-6-17(7-5-15)12(20)13-2-3-16-8-10(11(18)19)14-9-16/h8-9H,2-7H2,1H3,(H,13,20)(H,18,19). The van der Waals surface area contributed by atoms with Crippen molar-refractivity contribution in [2.75, 3.05) is 39.8 Å². The Kier molecular flexibility index (Phi) is 4.57. The Morgan fingerprint density at radius 1 is 1.35 bits per heavy atom. The Morgan fingerprint density at radius 2 is 2.05 bits per heavy atom. The summed E-state index contributed by atoms with van der Waals surface area (Å²) in [5.41, 5.74) is 0.00962. The van der Waals surface area contributed by atoms with Gasteiger partial charge in [-0.2, -0.15) is 0 Å². The number of nitrogens with one attached hydrogen (secondary N) is 1. The predicted octanol–water partition coefficient (Wildman–Crippen LogP) is -0.462. The van der Waals surface area contributed by atoms with Gasteiger partial charge in [0, 0.05) is 45.5 Å². The molecule has 2 N–H and O–H groups in total. The molecule has 20 heavy (non-hydrogen) atoms.